The summed E-state index contributed by atoms with van der Waals surface area (Å²) in [4.78, 5) is 27.7. The Hall–Kier alpha value is -0.180. The van der Waals surface area contributed by atoms with E-state index in [0.717, 1.165) is 0 Å². The Morgan fingerprint density at radius 3 is 2.09 bits per heavy atom. The third-order valence-electron chi connectivity index (χ3n) is 1.60. The van der Waals surface area contributed by atoms with Gasteiger partial charge in [-0.3, -0.25) is 9.36 Å². The van der Waals surface area contributed by atoms with Crippen LogP contribution in [0.4, 0.5) is 0 Å². The first kappa shape index (κ1) is 10.8. The maximum absolute atomic E-state index is 10.7. The topological polar surface area (TPSA) is 74.6 Å². The molecule has 0 aromatic rings. The highest BCUT2D eigenvalue weighted by molar-refractivity contribution is 7.54. The van der Waals surface area contributed by atoms with Gasteiger partial charge >= 0.3 is 7.60 Å². The van der Waals surface area contributed by atoms with E-state index in [1.54, 1.807) is 6.92 Å². The molecule has 11 heavy (non-hydrogen) atoms. The lowest BCUT2D eigenvalue weighted by Crippen LogP contribution is -2.26. The van der Waals surface area contributed by atoms with Crippen LogP contribution in [0, 0.1) is 0 Å². The maximum Gasteiger partial charge on any atom is 0.339 e. The van der Waals surface area contributed by atoms with E-state index in [9.17, 15) is 9.36 Å². The largest absolute Gasteiger partial charge is 0.339 e. The average Bonchev–Trinajstić information content (AvgIpc) is 1.86. The molecule has 4 nitrogen and oxygen atoms in total. The van der Waals surface area contributed by atoms with Crippen molar-refractivity contribution >= 4 is 13.9 Å². The monoisotopic (exact) mass is 179 g/mol. The summed E-state index contributed by atoms with van der Waals surface area (Å²) in [5, 5.41) is -1.61. The number of carbonyl (C=O) groups excluding carboxylic acids is 1. The van der Waals surface area contributed by atoms with Crippen molar-refractivity contribution in [1.82, 2.24) is 0 Å². The van der Waals surface area contributed by atoms with Crippen molar-refractivity contribution < 1.29 is 19.1 Å². The third kappa shape index (κ3) is 2.40. The third-order valence-corrected chi connectivity index (χ3v) is 3.20. The van der Waals surface area contributed by atoms with Crippen LogP contribution in [0.3, 0.4) is 0 Å². The number of hydrogen-bond donors (Lipinski definition) is 2. The SMILES string of the molecule is CCCC(C)([C]=O)P(=O)(O)O. The van der Waals surface area contributed by atoms with E-state index in [2.05, 4.69) is 0 Å². The fourth-order valence-corrected chi connectivity index (χ4v) is 1.38. The maximum atomic E-state index is 10.7. The molecule has 1 atom stereocenters. The Bertz CT molecular complexity index is 185. The molecule has 0 aromatic heterocycles. The second-order valence-electron chi connectivity index (χ2n) is 2.67. The van der Waals surface area contributed by atoms with Crippen LogP contribution < -0.4 is 0 Å². The van der Waals surface area contributed by atoms with Crippen molar-refractivity contribution in [2.75, 3.05) is 0 Å². The van der Waals surface area contributed by atoms with Gasteiger partial charge in [-0.05, 0) is 13.3 Å². The zero-order chi connectivity index (χ0) is 9.12. The van der Waals surface area contributed by atoms with E-state index >= 15 is 0 Å². The van der Waals surface area contributed by atoms with Gasteiger partial charge in [0.2, 0.25) is 6.29 Å². The van der Waals surface area contributed by atoms with Gasteiger partial charge in [0.15, 0.2) is 0 Å². The van der Waals surface area contributed by atoms with Crippen molar-refractivity contribution in [2.45, 2.75) is 31.8 Å². The number of rotatable bonds is 4. The molecule has 1 radical (unpaired) electrons. The highest BCUT2D eigenvalue weighted by Crippen LogP contribution is 2.51. The highest BCUT2D eigenvalue weighted by atomic mass is 31.2. The molecule has 0 amide bonds. The molecule has 65 valence electrons. The van der Waals surface area contributed by atoms with Crippen molar-refractivity contribution in [3.05, 3.63) is 0 Å². The molecule has 0 aliphatic heterocycles. The predicted molar refractivity (Wildman–Crippen MR) is 41.1 cm³/mol. The van der Waals surface area contributed by atoms with Gasteiger partial charge in [0.1, 0.15) is 5.16 Å². The minimum atomic E-state index is -4.33. The predicted octanol–water partition coefficient (Wildman–Crippen LogP) is 0.833. The Kier molecular flexibility index (Phi) is 3.42. The molecule has 0 saturated carbocycles. The zero-order valence-corrected chi connectivity index (χ0v) is 7.47. The van der Waals surface area contributed by atoms with Crippen LogP contribution in [-0.2, 0) is 9.36 Å². The van der Waals surface area contributed by atoms with Gasteiger partial charge in [0, 0.05) is 0 Å². The molecule has 0 aliphatic rings. The molecule has 0 rings (SSSR count). The Labute approximate surface area is 65.8 Å². The smallest absolute Gasteiger partial charge is 0.324 e. The molecule has 0 aliphatic carbocycles. The summed E-state index contributed by atoms with van der Waals surface area (Å²) >= 11 is 0. The van der Waals surface area contributed by atoms with Crippen LogP contribution in [0.2, 0.25) is 0 Å². The summed E-state index contributed by atoms with van der Waals surface area (Å²) in [6, 6.07) is 0. The Morgan fingerprint density at radius 1 is 1.55 bits per heavy atom. The second kappa shape index (κ2) is 3.48. The quantitative estimate of drug-likeness (QED) is 0.627. The minimum Gasteiger partial charge on any atom is -0.324 e. The molecule has 5 heteroatoms. The molecule has 0 saturated heterocycles. The van der Waals surface area contributed by atoms with Crippen molar-refractivity contribution in [2.24, 2.45) is 0 Å². The number of hydrogen-bond acceptors (Lipinski definition) is 2. The summed E-state index contributed by atoms with van der Waals surface area (Å²) < 4.78 is 10.7. The van der Waals surface area contributed by atoms with Crippen molar-refractivity contribution in [1.29, 1.82) is 0 Å². The normalized spacial score (nSPS) is 17.5. The van der Waals surface area contributed by atoms with Crippen LogP contribution in [0.25, 0.3) is 0 Å². The van der Waals surface area contributed by atoms with Gasteiger partial charge in [-0.2, -0.15) is 0 Å². The first-order chi connectivity index (χ1) is 4.87. The Morgan fingerprint density at radius 2 is 2.00 bits per heavy atom. The van der Waals surface area contributed by atoms with Gasteiger partial charge < -0.3 is 9.79 Å². The van der Waals surface area contributed by atoms with E-state index in [1.807, 2.05) is 0 Å². The molecule has 0 bridgehead atoms. The van der Waals surface area contributed by atoms with E-state index in [4.69, 9.17) is 9.79 Å². The van der Waals surface area contributed by atoms with Gasteiger partial charge in [-0.25, -0.2) is 0 Å². The first-order valence-electron chi connectivity index (χ1n) is 3.32. The first-order valence-corrected chi connectivity index (χ1v) is 4.93. The van der Waals surface area contributed by atoms with E-state index in [1.165, 1.54) is 13.2 Å². The molecule has 0 spiro atoms. The van der Waals surface area contributed by atoms with E-state index in [-0.39, 0.29) is 6.42 Å². The van der Waals surface area contributed by atoms with Crippen molar-refractivity contribution in [3.63, 3.8) is 0 Å². The van der Waals surface area contributed by atoms with Crippen LogP contribution in [0.5, 0.6) is 0 Å². The second-order valence-corrected chi connectivity index (χ2v) is 4.75. The fourth-order valence-electron chi connectivity index (χ4n) is 0.743. The summed E-state index contributed by atoms with van der Waals surface area (Å²) in [5.74, 6) is 0. The zero-order valence-electron chi connectivity index (χ0n) is 6.57. The molecule has 0 fully saturated rings. The average molecular weight is 179 g/mol. The summed E-state index contributed by atoms with van der Waals surface area (Å²) in [6.45, 7) is 2.98. The van der Waals surface area contributed by atoms with Gasteiger partial charge in [-0.1, -0.05) is 13.3 Å². The van der Waals surface area contributed by atoms with Crippen LogP contribution >= 0.6 is 7.60 Å². The highest BCUT2D eigenvalue weighted by Gasteiger charge is 2.42. The molecular formula is C6H12O4P. The lowest BCUT2D eigenvalue weighted by molar-refractivity contribution is 0.341. The molecule has 0 heterocycles. The van der Waals surface area contributed by atoms with Gasteiger partial charge in [-0.15, -0.1) is 0 Å². The molecule has 0 aromatic carbocycles. The summed E-state index contributed by atoms with van der Waals surface area (Å²) in [7, 11) is -4.33. The Balaban J connectivity index is 4.60. The van der Waals surface area contributed by atoms with Crippen LogP contribution in [0.15, 0.2) is 0 Å². The van der Waals surface area contributed by atoms with Crippen molar-refractivity contribution in [3.8, 4) is 0 Å². The van der Waals surface area contributed by atoms with E-state index < -0.39 is 12.8 Å². The fraction of sp³-hybridized carbons (Fsp3) is 0.833. The lowest BCUT2D eigenvalue weighted by atomic mass is 10.1. The standard InChI is InChI=1S/C6H12O4P/c1-3-4-6(2,5-7)11(8,9)10/h3-4H2,1-2H3,(H2,8,9,10). The summed E-state index contributed by atoms with van der Waals surface area (Å²) in [6.07, 6.45) is 2.13. The van der Waals surface area contributed by atoms with Crippen LogP contribution in [0.1, 0.15) is 26.7 Å². The molecular weight excluding hydrogens is 167 g/mol. The lowest BCUT2D eigenvalue weighted by Gasteiger charge is -2.21. The van der Waals surface area contributed by atoms with Crippen LogP contribution in [-0.4, -0.2) is 21.2 Å². The van der Waals surface area contributed by atoms with E-state index in [0.29, 0.717) is 6.42 Å². The van der Waals surface area contributed by atoms with Gasteiger partial charge in [0.05, 0.1) is 0 Å². The summed E-state index contributed by atoms with van der Waals surface area (Å²) in [5.41, 5.74) is 0. The minimum absolute atomic E-state index is 0.167. The van der Waals surface area contributed by atoms with Gasteiger partial charge in [0.25, 0.3) is 0 Å². The molecule has 1 unspecified atom stereocenters. The molecule has 2 N–H and O–H groups in total.